The molecule has 1 atom stereocenters. The van der Waals surface area contributed by atoms with Gasteiger partial charge in [0.15, 0.2) is 0 Å². The quantitative estimate of drug-likeness (QED) is 0.131. The van der Waals surface area contributed by atoms with E-state index in [9.17, 15) is 0 Å². The van der Waals surface area contributed by atoms with Crippen molar-refractivity contribution in [1.82, 2.24) is 0 Å². The minimum atomic E-state index is -0.697. The summed E-state index contributed by atoms with van der Waals surface area (Å²) in [5, 5.41) is 2.48. The average Bonchev–Trinajstić information content (AvgIpc) is 3.78. The van der Waals surface area contributed by atoms with E-state index in [4.69, 9.17) is 6.58 Å². The van der Waals surface area contributed by atoms with E-state index in [-0.39, 0.29) is 5.41 Å². The van der Waals surface area contributed by atoms with Crippen LogP contribution in [0.1, 0.15) is 55.5 Å². The Labute approximate surface area is 384 Å². The summed E-state index contributed by atoms with van der Waals surface area (Å²) >= 11 is 0. The second-order valence-electron chi connectivity index (χ2n) is 18.2. The first-order valence-electron chi connectivity index (χ1n) is 22.8. The maximum absolute atomic E-state index is 5.02. The van der Waals surface area contributed by atoms with Crippen LogP contribution in [0.4, 0.5) is 17.1 Å². The zero-order valence-corrected chi connectivity index (χ0v) is 37.5. The molecule has 0 amide bonds. The first-order chi connectivity index (χ1) is 31.8. The SMILES string of the molecule is C=C(/C=C\C(C)=C/C)C1(c2ccccc2)c2cc(-c3cccc4ccccc34)ccc2-c2ccc(N(c3ccc(-c4ccccc4)cc3)c3ccc4c(c3)C(C)(C)c3ccccc3-4)cc21. The van der Waals surface area contributed by atoms with Gasteiger partial charge in [-0.2, -0.15) is 0 Å². The van der Waals surface area contributed by atoms with E-state index in [0.29, 0.717) is 0 Å². The molecule has 1 unspecified atom stereocenters. The minimum Gasteiger partial charge on any atom is -0.310 e. The van der Waals surface area contributed by atoms with Crippen molar-refractivity contribution in [3.63, 3.8) is 0 Å². The lowest BCUT2D eigenvalue weighted by atomic mass is 9.67. The van der Waals surface area contributed by atoms with Gasteiger partial charge in [-0.3, -0.25) is 0 Å². The Bertz CT molecular complexity index is 3360. The van der Waals surface area contributed by atoms with Gasteiger partial charge in [0.2, 0.25) is 0 Å². The molecule has 1 heteroatoms. The number of allylic oxidation sites excluding steroid dienone is 5. The van der Waals surface area contributed by atoms with Crippen LogP contribution in [-0.4, -0.2) is 0 Å². The van der Waals surface area contributed by atoms with Gasteiger partial charge in [-0.1, -0.05) is 208 Å². The zero-order chi connectivity index (χ0) is 44.3. The number of anilines is 3. The third-order valence-electron chi connectivity index (χ3n) is 14.2. The predicted octanol–water partition coefficient (Wildman–Crippen LogP) is 17.3. The molecule has 0 N–H and O–H groups in total. The average molecular weight is 834 g/mol. The third kappa shape index (κ3) is 6.45. The van der Waals surface area contributed by atoms with Gasteiger partial charge < -0.3 is 4.90 Å². The van der Waals surface area contributed by atoms with Crippen molar-refractivity contribution in [3.8, 4) is 44.5 Å². The van der Waals surface area contributed by atoms with Crippen LogP contribution < -0.4 is 4.90 Å². The largest absolute Gasteiger partial charge is 0.310 e. The summed E-state index contributed by atoms with van der Waals surface area (Å²) in [4.78, 5) is 2.46. The molecule has 9 aromatic rings. The fourth-order valence-corrected chi connectivity index (χ4v) is 10.8. The number of hydrogen-bond donors (Lipinski definition) is 0. The molecule has 11 rings (SSSR count). The van der Waals surface area contributed by atoms with Crippen LogP contribution >= 0.6 is 0 Å². The Balaban J connectivity index is 1.16. The van der Waals surface area contributed by atoms with E-state index in [2.05, 4.69) is 257 Å². The number of rotatable bonds is 9. The molecule has 0 bridgehead atoms. The second kappa shape index (κ2) is 15.8. The first-order valence-corrected chi connectivity index (χ1v) is 22.8. The summed E-state index contributed by atoms with van der Waals surface area (Å²) in [5.41, 5.74) is 20.9. The van der Waals surface area contributed by atoms with Crippen molar-refractivity contribution in [3.05, 3.63) is 270 Å². The van der Waals surface area contributed by atoms with Crippen molar-refractivity contribution in [1.29, 1.82) is 0 Å². The van der Waals surface area contributed by atoms with Crippen LogP contribution in [0.25, 0.3) is 55.3 Å². The van der Waals surface area contributed by atoms with E-state index in [1.807, 2.05) is 0 Å². The molecule has 0 aliphatic heterocycles. The summed E-state index contributed by atoms with van der Waals surface area (Å²) in [6.45, 7) is 14.0. The Kier molecular flexibility index (Phi) is 9.74. The summed E-state index contributed by atoms with van der Waals surface area (Å²) in [5.74, 6) is 0. The Morgan fingerprint density at radius 2 is 0.969 bits per heavy atom. The van der Waals surface area contributed by atoms with Crippen LogP contribution in [0.15, 0.2) is 242 Å². The highest BCUT2D eigenvalue weighted by molar-refractivity contribution is 5.99. The molecule has 2 aliphatic rings. The molecule has 9 aromatic carbocycles. The molecule has 0 fully saturated rings. The highest BCUT2D eigenvalue weighted by atomic mass is 15.1. The number of nitrogens with zero attached hydrogens (tertiary/aromatic N) is 1. The summed E-state index contributed by atoms with van der Waals surface area (Å²) in [6.07, 6.45) is 6.62. The fraction of sp³-hybridized carbons (Fsp3) is 0.0938. The standard InChI is InChI=1S/C64H51N/c1-6-43(2)28-29-44(3)64(49-22-11-8-12-23-49)61-40-48(54-26-17-21-47-20-13-14-24-53(47)54)32-37-57(61)58-39-36-52(42-62(58)64)65(50-33-30-46(31-34-50)45-18-9-7-10-19-45)51-35-38-56-55-25-15-16-27-59(55)63(4,5)60(56)41-51/h6-42H,3H2,1-2,4-5H3/b29-28-,43-6-. The maximum atomic E-state index is 5.02. The second-order valence-corrected chi connectivity index (χ2v) is 18.2. The van der Waals surface area contributed by atoms with E-state index in [1.165, 1.54) is 88.7 Å². The van der Waals surface area contributed by atoms with Crippen LogP contribution in [0.2, 0.25) is 0 Å². The molecule has 0 spiro atoms. The molecule has 0 aromatic heterocycles. The Morgan fingerprint density at radius 1 is 0.446 bits per heavy atom. The lowest BCUT2D eigenvalue weighted by Gasteiger charge is -2.35. The summed E-state index contributed by atoms with van der Waals surface area (Å²) < 4.78 is 0. The molecular weight excluding hydrogens is 783 g/mol. The van der Waals surface area contributed by atoms with Crippen molar-refractivity contribution < 1.29 is 0 Å². The van der Waals surface area contributed by atoms with E-state index >= 15 is 0 Å². The van der Waals surface area contributed by atoms with Gasteiger partial charge in [0.25, 0.3) is 0 Å². The van der Waals surface area contributed by atoms with Crippen molar-refractivity contribution >= 4 is 27.8 Å². The number of benzene rings is 9. The highest BCUT2D eigenvalue weighted by Gasteiger charge is 2.47. The van der Waals surface area contributed by atoms with Crippen molar-refractivity contribution in [2.24, 2.45) is 0 Å². The van der Waals surface area contributed by atoms with Crippen LogP contribution in [0.5, 0.6) is 0 Å². The molecule has 0 saturated carbocycles. The molecule has 1 nitrogen and oxygen atoms in total. The first kappa shape index (κ1) is 40.1. The number of fused-ring (bicyclic) bond motifs is 7. The van der Waals surface area contributed by atoms with Gasteiger partial charge in [0.1, 0.15) is 0 Å². The molecule has 2 aliphatic carbocycles. The molecule has 0 saturated heterocycles. The Morgan fingerprint density at radius 3 is 1.71 bits per heavy atom. The van der Waals surface area contributed by atoms with Crippen LogP contribution in [0, 0.1) is 0 Å². The van der Waals surface area contributed by atoms with Gasteiger partial charge in [0, 0.05) is 22.5 Å². The van der Waals surface area contributed by atoms with Gasteiger partial charge in [-0.05, 0) is 145 Å². The molecular formula is C64H51N. The van der Waals surface area contributed by atoms with Gasteiger partial charge >= 0.3 is 0 Å². The van der Waals surface area contributed by atoms with Crippen LogP contribution in [0.3, 0.4) is 0 Å². The molecule has 65 heavy (non-hydrogen) atoms. The highest BCUT2D eigenvalue weighted by Crippen LogP contribution is 2.59. The van der Waals surface area contributed by atoms with Crippen LogP contribution in [-0.2, 0) is 10.8 Å². The molecule has 0 heterocycles. The zero-order valence-electron chi connectivity index (χ0n) is 37.5. The Hall–Kier alpha value is -7.74. The monoisotopic (exact) mass is 833 g/mol. The van der Waals surface area contributed by atoms with Gasteiger partial charge in [-0.15, -0.1) is 0 Å². The minimum absolute atomic E-state index is 0.149. The molecule has 312 valence electrons. The lowest BCUT2D eigenvalue weighted by molar-refractivity contribution is 0.660. The van der Waals surface area contributed by atoms with Crippen molar-refractivity contribution in [2.45, 2.75) is 38.5 Å². The third-order valence-corrected chi connectivity index (χ3v) is 14.2. The van der Waals surface area contributed by atoms with Crippen molar-refractivity contribution in [2.75, 3.05) is 4.90 Å². The normalized spacial score (nSPS) is 15.7. The lowest BCUT2D eigenvalue weighted by Crippen LogP contribution is -2.29. The van der Waals surface area contributed by atoms with E-state index in [0.717, 1.165) is 22.6 Å². The topological polar surface area (TPSA) is 3.24 Å². The van der Waals surface area contributed by atoms with Gasteiger partial charge in [0.05, 0.1) is 5.41 Å². The predicted molar refractivity (Wildman–Crippen MR) is 277 cm³/mol. The summed E-state index contributed by atoms with van der Waals surface area (Å²) in [6, 6.07) is 76.3. The van der Waals surface area contributed by atoms with E-state index in [1.54, 1.807) is 0 Å². The fourth-order valence-electron chi connectivity index (χ4n) is 10.8. The number of hydrogen-bond acceptors (Lipinski definition) is 1. The summed E-state index contributed by atoms with van der Waals surface area (Å²) in [7, 11) is 0. The maximum Gasteiger partial charge on any atom is 0.0708 e. The van der Waals surface area contributed by atoms with E-state index < -0.39 is 5.41 Å². The van der Waals surface area contributed by atoms with Gasteiger partial charge in [-0.25, -0.2) is 0 Å². The molecule has 0 radical (unpaired) electrons. The smallest absolute Gasteiger partial charge is 0.0708 e.